The van der Waals surface area contributed by atoms with Gasteiger partial charge in [-0.1, -0.05) is 54.6 Å². The zero-order chi connectivity index (χ0) is 22.6. The van der Waals surface area contributed by atoms with Gasteiger partial charge in [-0.3, -0.25) is 9.59 Å². The summed E-state index contributed by atoms with van der Waals surface area (Å²) in [6.45, 7) is 5.24. The SMILES string of the molecule is CC(C)(C)S(=O)(=O)CC1CCC(C(=O)Cc2ccc(C(=O)c3ccccc3)cc2)CC1. The van der Waals surface area contributed by atoms with Crippen LogP contribution in [0.15, 0.2) is 54.6 Å². The molecule has 1 aliphatic carbocycles. The quantitative estimate of drug-likeness (QED) is 0.565. The first-order valence-electron chi connectivity index (χ1n) is 11.0. The minimum Gasteiger partial charge on any atom is -0.299 e. The van der Waals surface area contributed by atoms with Crippen LogP contribution in [0.1, 0.15) is 67.9 Å². The molecule has 31 heavy (non-hydrogen) atoms. The summed E-state index contributed by atoms with van der Waals surface area (Å²) >= 11 is 0. The number of ketones is 2. The third-order valence-electron chi connectivity index (χ3n) is 6.32. The second-order valence-electron chi connectivity index (χ2n) is 9.65. The van der Waals surface area contributed by atoms with Crippen molar-refractivity contribution in [2.75, 3.05) is 5.75 Å². The summed E-state index contributed by atoms with van der Waals surface area (Å²) in [5.74, 6) is 0.547. The van der Waals surface area contributed by atoms with E-state index in [4.69, 9.17) is 0 Å². The van der Waals surface area contributed by atoms with Crippen LogP contribution < -0.4 is 0 Å². The first-order valence-corrected chi connectivity index (χ1v) is 12.7. The summed E-state index contributed by atoms with van der Waals surface area (Å²) in [4.78, 5) is 25.3. The number of carbonyl (C=O) groups is 2. The van der Waals surface area contributed by atoms with Crippen LogP contribution in [0.5, 0.6) is 0 Å². The Balaban J connectivity index is 1.53. The highest BCUT2D eigenvalue weighted by Crippen LogP contribution is 2.33. The highest BCUT2D eigenvalue weighted by molar-refractivity contribution is 7.92. The average molecular weight is 441 g/mol. The molecule has 0 amide bonds. The average Bonchev–Trinajstić information content (AvgIpc) is 2.74. The van der Waals surface area contributed by atoms with Crippen LogP contribution >= 0.6 is 0 Å². The van der Waals surface area contributed by atoms with Gasteiger partial charge in [0.05, 0.1) is 10.5 Å². The lowest BCUT2D eigenvalue weighted by molar-refractivity contribution is -0.123. The summed E-state index contributed by atoms with van der Waals surface area (Å²) in [7, 11) is -3.13. The Bertz CT molecular complexity index is 1010. The molecule has 1 saturated carbocycles. The van der Waals surface area contributed by atoms with Crippen LogP contribution in [-0.4, -0.2) is 30.5 Å². The van der Waals surface area contributed by atoms with E-state index in [1.54, 1.807) is 45.0 Å². The summed E-state index contributed by atoms with van der Waals surface area (Å²) in [5.41, 5.74) is 2.17. The molecule has 0 aliphatic heterocycles. The van der Waals surface area contributed by atoms with E-state index in [2.05, 4.69) is 0 Å². The molecule has 5 heteroatoms. The van der Waals surface area contributed by atoms with E-state index >= 15 is 0 Å². The van der Waals surface area contributed by atoms with Gasteiger partial charge in [0.1, 0.15) is 5.78 Å². The van der Waals surface area contributed by atoms with Crippen LogP contribution in [-0.2, 0) is 21.1 Å². The van der Waals surface area contributed by atoms with Gasteiger partial charge in [-0.2, -0.15) is 0 Å². The smallest absolute Gasteiger partial charge is 0.193 e. The van der Waals surface area contributed by atoms with Crippen molar-refractivity contribution in [3.05, 3.63) is 71.3 Å². The third-order valence-corrected chi connectivity index (χ3v) is 9.10. The van der Waals surface area contributed by atoms with Crippen LogP contribution in [0, 0.1) is 11.8 Å². The molecule has 3 rings (SSSR count). The zero-order valence-electron chi connectivity index (χ0n) is 18.6. The van der Waals surface area contributed by atoms with E-state index in [-0.39, 0.29) is 29.2 Å². The van der Waals surface area contributed by atoms with Crippen LogP contribution in [0.4, 0.5) is 0 Å². The molecular weight excluding hydrogens is 408 g/mol. The van der Waals surface area contributed by atoms with E-state index in [0.29, 0.717) is 17.5 Å². The number of Topliss-reactive ketones (excluding diaryl/α,β-unsaturated/α-hetero) is 1. The van der Waals surface area contributed by atoms with Gasteiger partial charge >= 0.3 is 0 Å². The molecule has 1 aliphatic rings. The molecule has 0 heterocycles. The van der Waals surface area contributed by atoms with Crippen molar-refractivity contribution in [1.82, 2.24) is 0 Å². The first kappa shape index (κ1) is 23.4. The Hall–Kier alpha value is -2.27. The Kier molecular flexibility index (Phi) is 7.15. The lowest BCUT2D eigenvalue weighted by Gasteiger charge is -2.30. The molecule has 1 fully saturated rings. The maximum absolute atomic E-state index is 12.8. The fourth-order valence-electron chi connectivity index (χ4n) is 4.09. The molecule has 0 spiro atoms. The monoisotopic (exact) mass is 440 g/mol. The van der Waals surface area contributed by atoms with Crippen molar-refractivity contribution in [3.63, 3.8) is 0 Å². The van der Waals surface area contributed by atoms with E-state index in [0.717, 1.165) is 31.2 Å². The molecular formula is C26H32O4S. The predicted octanol–water partition coefficient (Wildman–Crippen LogP) is 5.05. The number of benzene rings is 2. The summed E-state index contributed by atoms with van der Waals surface area (Å²) < 4.78 is 24.2. The largest absolute Gasteiger partial charge is 0.299 e. The maximum Gasteiger partial charge on any atom is 0.193 e. The first-order chi connectivity index (χ1) is 14.6. The highest BCUT2D eigenvalue weighted by Gasteiger charge is 2.34. The van der Waals surface area contributed by atoms with Gasteiger partial charge in [0.2, 0.25) is 0 Å². The van der Waals surface area contributed by atoms with Crippen molar-refractivity contribution < 1.29 is 18.0 Å². The Morgan fingerprint density at radius 2 is 1.39 bits per heavy atom. The molecule has 0 unspecified atom stereocenters. The fourth-order valence-corrected chi connectivity index (χ4v) is 5.54. The molecule has 0 saturated heterocycles. The van der Waals surface area contributed by atoms with Gasteiger partial charge in [0, 0.05) is 23.5 Å². The molecule has 2 aromatic rings. The van der Waals surface area contributed by atoms with E-state index in [1.807, 2.05) is 30.3 Å². The Labute approximate surface area is 186 Å². The van der Waals surface area contributed by atoms with Gasteiger partial charge in [-0.05, 0) is 57.9 Å². The predicted molar refractivity (Wildman–Crippen MR) is 124 cm³/mol. The number of hydrogen-bond acceptors (Lipinski definition) is 4. The van der Waals surface area contributed by atoms with Gasteiger partial charge in [-0.25, -0.2) is 8.42 Å². The van der Waals surface area contributed by atoms with E-state index in [1.165, 1.54) is 0 Å². The number of hydrogen-bond donors (Lipinski definition) is 0. The topological polar surface area (TPSA) is 68.3 Å². The van der Waals surface area contributed by atoms with Crippen molar-refractivity contribution in [1.29, 1.82) is 0 Å². The standard InChI is InChI=1S/C26H32O4S/c1-26(2,3)31(29,30)18-20-11-13-21(14-12-20)24(27)17-19-9-15-23(16-10-19)25(28)22-7-5-4-6-8-22/h4-10,15-16,20-21H,11-14,17-18H2,1-3H3. The van der Waals surface area contributed by atoms with Crippen LogP contribution in [0.25, 0.3) is 0 Å². The third kappa shape index (κ3) is 5.91. The minimum atomic E-state index is -3.13. The lowest BCUT2D eigenvalue weighted by atomic mass is 9.79. The normalized spacial score (nSPS) is 19.7. The fraction of sp³-hybridized carbons (Fsp3) is 0.462. The van der Waals surface area contributed by atoms with E-state index < -0.39 is 14.6 Å². The van der Waals surface area contributed by atoms with Crippen molar-refractivity contribution in [2.45, 2.75) is 57.6 Å². The summed E-state index contributed by atoms with van der Waals surface area (Å²) in [6, 6.07) is 16.4. The van der Waals surface area contributed by atoms with Gasteiger partial charge in [0.15, 0.2) is 15.6 Å². The minimum absolute atomic E-state index is 0.000724. The zero-order valence-corrected chi connectivity index (χ0v) is 19.5. The Morgan fingerprint density at radius 1 is 0.839 bits per heavy atom. The van der Waals surface area contributed by atoms with Gasteiger partial charge < -0.3 is 0 Å². The van der Waals surface area contributed by atoms with Crippen LogP contribution in [0.3, 0.4) is 0 Å². The Morgan fingerprint density at radius 3 is 1.94 bits per heavy atom. The number of sulfone groups is 1. The van der Waals surface area contributed by atoms with Gasteiger partial charge in [-0.15, -0.1) is 0 Å². The number of rotatable bonds is 7. The highest BCUT2D eigenvalue weighted by atomic mass is 32.2. The summed E-state index contributed by atoms with van der Waals surface area (Å²) in [5, 5.41) is 0. The van der Waals surface area contributed by atoms with Crippen molar-refractivity contribution in [3.8, 4) is 0 Å². The molecule has 166 valence electrons. The second-order valence-corrected chi connectivity index (χ2v) is 12.4. The molecule has 0 aromatic heterocycles. The molecule has 0 radical (unpaired) electrons. The molecule has 4 nitrogen and oxygen atoms in total. The number of carbonyl (C=O) groups excluding carboxylic acids is 2. The molecule has 0 bridgehead atoms. The van der Waals surface area contributed by atoms with E-state index in [9.17, 15) is 18.0 Å². The lowest BCUT2D eigenvalue weighted by Crippen LogP contribution is -2.35. The molecule has 2 aromatic carbocycles. The maximum atomic E-state index is 12.8. The molecule has 0 atom stereocenters. The van der Waals surface area contributed by atoms with Crippen molar-refractivity contribution >= 4 is 21.4 Å². The van der Waals surface area contributed by atoms with Gasteiger partial charge in [0.25, 0.3) is 0 Å². The van der Waals surface area contributed by atoms with Crippen molar-refractivity contribution in [2.24, 2.45) is 11.8 Å². The second kappa shape index (κ2) is 9.47. The van der Waals surface area contributed by atoms with Crippen LogP contribution in [0.2, 0.25) is 0 Å². The molecule has 0 N–H and O–H groups in total. The summed E-state index contributed by atoms with van der Waals surface area (Å²) in [6.07, 6.45) is 3.45.